The molecule has 0 spiro atoms. The number of nitrogen functional groups attached to an aromatic ring is 1. The lowest BCUT2D eigenvalue weighted by atomic mass is 10.1. The number of nitrogens with zero attached hydrogens (tertiary/aromatic N) is 2. The normalized spacial score (nSPS) is 11.2. The highest BCUT2D eigenvalue weighted by molar-refractivity contribution is 5.95. The Morgan fingerprint density at radius 3 is 2.50 bits per heavy atom. The summed E-state index contributed by atoms with van der Waals surface area (Å²) in [4.78, 5) is 18.0. The zero-order valence-electron chi connectivity index (χ0n) is 12.7. The number of hydrogen-bond acceptors (Lipinski definition) is 3. The first-order valence-electron chi connectivity index (χ1n) is 7.13. The van der Waals surface area contributed by atoms with Crippen LogP contribution < -0.4 is 5.73 Å². The van der Waals surface area contributed by atoms with Crippen molar-refractivity contribution >= 4 is 11.7 Å². The minimum atomic E-state index is -0.725. The van der Waals surface area contributed by atoms with Crippen molar-refractivity contribution in [2.24, 2.45) is 5.92 Å². The summed E-state index contributed by atoms with van der Waals surface area (Å²) in [6.45, 7) is 8.75. The number of pyridine rings is 1. The Hall–Kier alpha value is -1.65. The molecule has 1 aromatic heterocycles. The monoisotopic (exact) mass is 281 g/mol. The second kappa shape index (κ2) is 7.22. The maximum atomic E-state index is 14.0. The topological polar surface area (TPSA) is 59.2 Å². The van der Waals surface area contributed by atoms with E-state index in [2.05, 4.69) is 4.98 Å². The van der Waals surface area contributed by atoms with Crippen LogP contribution in [0.25, 0.3) is 0 Å². The van der Waals surface area contributed by atoms with Crippen molar-refractivity contribution < 1.29 is 9.18 Å². The zero-order valence-corrected chi connectivity index (χ0v) is 12.7. The number of halogens is 1. The van der Waals surface area contributed by atoms with Crippen LogP contribution in [0.3, 0.4) is 0 Å². The van der Waals surface area contributed by atoms with Gasteiger partial charge in [0, 0.05) is 18.8 Å². The van der Waals surface area contributed by atoms with Crippen molar-refractivity contribution in [3.63, 3.8) is 0 Å². The minimum absolute atomic E-state index is 0.00468. The molecule has 0 bridgehead atoms. The van der Waals surface area contributed by atoms with Crippen LogP contribution in [0.5, 0.6) is 0 Å². The molecular weight excluding hydrogens is 257 g/mol. The summed E-state index contributed by atoms with van der Waals surface area (Å²) >= 11 is 0. The average molecular weight is 281 g/mol. The lowest BCUT2D eigenvalue weighted by Gasteiger charge is -2.32. The Balaban J connectivity index is 3.12. The molecule has 4 nitrogen and oxygen atoms in total. The molecule has 1 rings (SSSR count). The van der Waals surface area contributed by atoms with Gasteiger partial charge in [0.2, 0.25) is 0 Å². The number of carbonyl (C=O) groups excluding carboxylic acids is 1. The van der Waals surface area contributed by atoms with Crippen LogP contribution in [0.4, 0.5) is 10.2 Å². The van der Waals surface area contributed by atoms with Gasteiger partial charge < -0.3 is 10.6 Å². The fourth-order valence-electron chi connectivity index (χ4n) is 2.30. The Morgan fingerprint density at radius 1 is 1.40 bits per heavy atom. The quantitative estimate of drug-likeness (QED) is 0.871. The molecule has 0 atom stereocenters. The predicted molar refractivity (Wildman–Crippen MR) is 78.9 cm³/mol. The van der Waals surface area contributed by atoms with Crippen molar-refractivity contribution in [1.29, 1.82) is 0 Å². The SMILES string of the molecule is CCC(CC)N(CC(C)C)C(=O)c1ccnc(N)c1F. The molecule has 0 aliphatic carbocycles. The summed E-state index contributed by atoms with van der Waals surface area (Å²) in [6.07, 6.45) is 3.06. The van der Waals surface area contributed by atoms with E-state index in [1.54, 1.807) is 4.90 Å². The predicted octanol–water partition coefficient (Wildman–Crippen LogP) is 3.09. The number of nitrogens with two attached hydrogens (primary N) is 1. The molecule has 0 saturated heterocycles. The standard InChI is InChI=1S/C15H24FN3O/c1-5-11(6-2)19(9-10(3)4)15(20)12-7-8-18-14(17)13(12)16/h7-8,10-11H,5-6,9H2,1-4H3,(H2,17,18). The smallest absolute Gasteiger partial charge is 0.257 e. The molecule has 0 saturated carbocycles. The summed E-state index contributed by atoms with van der Waals surface area (Å²) < 4.78 is 14.0. The Bertz CT molecular complexity index is 458. The number of anilines is 1. The third kappa shape index (κ3) is 3.68. The van der Waals surface area contributed by atoms with Crippen LogP contribution in [0.2, 0.25) is 0 Å². The van der Waals surface area contributed by atoms with E-state index >= 15 is 0 Å². The lowest BCUT2D eigenvalue weighted by Crippen LogP contribution is -2.42. The molecule has 0 fully saturated rings. The highest BCUT2D eigenvalue weighted by Gasteiger charge is 2.26. The lowest BCUT2D eigenvalue weighted by molar-refractivity contribution is 0.0635. The summed E-state index contributed by atoms with van der Waals surface area (Å²) in [6, 6.07) is 1.50. The first-order valence-corrected chi connectivity index (χ1v) is 7.13. The van der Waals surface area contributed by atoms with Crippen molar-refractivity contribution in [1.82, 2.24) is 9.88 Å². The molecule has 1 heterocycles. The van der Waals surface area contributed by atoms with E-state index < -0.39 is 5.82 Å². The first kappa shape index (κ1) is 16.4. The highest BCUT2D eigenvalue weighted by atomic mass is 19.1. The molecule has 5 heteroatoms. The van der Waals surface area contributed by atoms with E-state index in [1.807, 2.05) is 27.7 Å². The van der Waals surface area contributed by atoms with Crippen molar-refractivity contribution in [2.75, 3.05) is 12.3 Å². The van der Waals surface area contributed by atoms with Crippen molar-refractivity contribution in [2.45, 2.75) is 46.6 Å². The van der Waals surface area contributed by atoms with Gasteiger partial charge in [0.1, 0.15) is 0 Å². The zero-order chi connectivity index (χ0) is 15.3. The number of aromatic nitrogens is 1. The van der Waals surface area contributed by atoms with Crippen LogP contribution in [0.1, 0.15) is 50.9 Å². The fraction of sp³-hybridized carbons (Fsp3) is 0.600. The number of hydrogen-bond donors (Lipinski definition) is 1. The highest BCUT2D eigenvalue weighted by Crippen LogP contribution is 2.19. The van der Waals surface area contributed by atoms with Crippen LogP contribution in [0.15, 0.2) is 12.3 Å². The van der Waals surface area contributed by atoms with Gasteiger partial charge in [-0.25, -0.2) is 9.37 Å². The first-order chi connectivity index (χ1) is 9.42. The second-order valence-electron chi connectivity index (χ2n) is 5.38. The molecule has 0 aromatic carbocycles. The van der Waals surface area contributed by atoms with Gasteiger partial charge >= 0.3 is 0 Å². The Kier molecular flexibility index (Phi) is 5.92. The number of amides is 1. The van der Waals surface area contributed by atoms with Gasteiger partial charge in [0.15, 0.2) is 11.6 Å². The van der Waals surface area contributed by atoms with Crippen LogP contribution in [-0.4, -0.2) is 28.4 Å². The molecule has 0 unspecified atom stereocenters. The number of rotatable bonds is 6. The van der Waals surface area contributed by atoms with Crippen molar-refractivity contribution in [3.05, 3.63) is 23.6 Å². The van der Waals surface area contributed by atoms with Crippen LogP contribution in [-0.2, 0) is 0 Å². The van der Waals surface area contributed by atoms with Gasteiger partial charge in [-0.2, -0.15) is 0 Å². The largest absolute Gasteiger partial charge is 0.381 e. The van der Waals surface area contributed by atoms with E-state index in [4.69, 9.17) is 5.73 Å². The molecule has 20 heavy (non-hydrogen) atoms. The Labute approximate surface area is 120 Å². The third-order valence-corrected chi connectivity index (χ3v) is 3.35. The fourth-order valence-corrected chi connectivity index (χ4v) is 2.30. The Morgan fingerprint density at radius 2 is 2.00 bits per heavy atom. The van der Waals surface area contributed by atoms with Gasteiger partial charge in [-0.15, -0.1) is 0 Å². The van der Waals surface area contributed by atoms with Gasteiger partial charge in [0.25, 0.3) is 5.91 Å². The maximum Gasteiger partial charge on any atom is 0.257 e. The van der Waals surface area contributed by atoms with Gasteiger partial charge in [0.05, 0.1) is 5.56 Å². The van der Waals surface area contributed by atoms with E-state index in [1.165, 1.54) is 12.3 Å². The van der Waals surface area contributed by atoms with Gasteiger partial charge in [-0.3, -0.25) is 4.79 Å². The molecule has 1 aromatic rings. The summed E-state index contributed by atoms with van der Waals surface area (Å²) in [5.41, 5.74) is 5.45. The minimum Gasteiger partial charge on any atom is -0.381 e. The van der Waals surface area contributed by atoms with E-state index in [9.17, 15) is 9.18 Å². The second-order valence-corrected chi connectivity index (χ2v) is 5.38. The van der Waals surface area contributed by atoms with E-state index in [0.717, 1.165) is 12.8 Å². The molecular formula is C15H24FN3O. The van der Waals surface area contributed by atoms with E-state index in [0.29, 0.717) is 12.5 Å². The molecule has 0 aliphatic rings. The molecule has 0 radical (unpaired) electrons. The summed E-state index contributed by atoms with van der Waals surface area (Å²) in [5.74, 6) is -0.942. The summed E-state index contributed by atoms with van der Waals surface area (Å²) in [5, 5.41) is 0. The van der Waals surface area contributed by atoms with Crippen LogP contribution in [0, 0.1) is 11.7 Å². The molecule has 1 amide bonds. The average Bonchev–Trinajstić information content (AvgIpc) is 2.41. The van der Waals surface area contributed by atoms with Crippen molar-refractivity contribution in [3.8, 4) is 0 Å². The molecule has 2 N–H and O–H groups in total. The van der Waals surface area contributed by atoms with Crippen LogP contribution >= 0.6 is 0 Å². The maximum absolute atomic E-state index is 14.0. The summed E-state index contributed by atoms with van der Waals surface area (Å²) in [7, 11) is 0. The number of carbonyl (C=O) groups is 1. The third-order valence-electron chi connectivity index (χ3n) is 3.35. The molecule has 0 aliphatic heterocycles. The molecule has 112 valence electrons. The van der Waals surface area contributed by atoms with Gasteiger partial charge in [-0.1, -0.05) is 27.7 Å². The van der Waals surface area contributed by atoms with E-state index in [-0.39, 0.29) is 23.3 Å². The van der Waals surface area contributed by atoms with Gasteiger partial charge in [-0.05, 0) is 24.8 Å².